The summed E-state index contributed by atoms with van der Waals surface area (Å²) >= 11 is 0. The van der Waals surface area contributed by atoms with Crippen LogP contribution in [0.15, 0.2) is 24.5 Å². The second-order valence-corrected chi connectivity index (χ2v) is 3.35. The van der Waals surface area contributed by atoms with Crippen molar-refractivity contribution in [2.45, 2.75) is 18.4 Å². The predicted octanol–water partition coefficient (Wildman–Crippen LogP) is 0.0518. The third-order valence-electron chi connectivity index (χ3n) is 2.23. The number of rotatable bonds is 5. The molecule has 16 heavy (non-hydrogen) atoms. The lowest BCUT2D eigenvalue weighted by Crippen LogP contribution is -2.37. The van der Waals surface area contributed by atoms with Crippen molar-refractivity contribution >= 4 is 11.9 Å². The van der Waals surface area contributed by atoms with Crippen LogP contribution < -0.4 is 5.73 Å². The Balaban J connectivity index is 2.96. The van der Waals surface area contributed by atoms with E-state index in [-0.39, 0.29) is 6.42 Å². The van der Waals surface area contributed by atoms with Gasteiger partial charge in [0.15, 0.2) is 0 Å². The fourth-order valence-electron chi connectivity index (χ4n) is 1.41. The van der Waals surface area contributed by atoms with Crippen molar-refractivity contribution in [2.24, 2.45) is 5.73 Å². The van der Waals surface area contributed by atoms with Crippen LogP contribution in [0.5, 0.6) is 0 Å². The standard InChI is InChI=1S/C10H12N2O4/c11-9(10(15)16)7(4-8(13)14)6-2-1-3-12-5-6/h1-3,5,7,9H,4,11H2,(H,13,14)(H,15,16)/t7-,9-/m1/s1. The Bertz CT molecular complexity index is 380. The van der Waals surface area contributed by atoms with Gasteiger partial charge in [0, 0.05) is 18.3 Å². The number of nitrogens with two attached hydrogens (primary N) is 1. The molecule has 1 aromatic heterocycles. The molecule has 6 nitrogen and oxygen atoms in total. The summed E-state index contributed by atoms with van der Waals surface area (Å²) in [7, 11) is 0. The zero-order valence-corrected chi connectivity index (χ0v) is 8.41. The quantitative estimate of drug-likeness (QED) is 0.651. The SMILES string of the molecule is N[C@@H](C(=O)O)[C@H](CC(=O)O)c1cccnc1. The van der Waals surface area contributed by atoms with Gasteiger partial charge in [-0.25, -0.2) is 0 Å². The van der Waals surface area contributed by atoms with Crippen molar-refractivity contribution in [3.8, 4) is 0 Å². The van der Waals surface area contributed by atoms with Crippen molar-refractivity contribution in [1.29, 1.82) is 0 Å². The third-order valence-corrected chi connectivity index (χ3v) is 2.23. The Kier molecular flexibility index (Phi) is 3.96. The van der Waals surface area contributed by atoms with Crippen LogP contribution in [0.3, 0.4) is 0 Å². The molecule has 0 radical (unpaired) electrons. The van der Waals surface area contributed by atoms with Crippen LogP contribution in [-0.2, 0) is 9.59 Å². The Labute approximate surface area is 91.7 Å². The molecule has 0 saturated carbocycles. The smallest absolute Gasteiger partial charge is 0.321 e. The molecule has 0 spiro atoms. The van der Waals surface area contributed by atoms with Gasteiger partial charge in [0.05, 0.1) is 6.42 Å². The van der Waals surface area contributed by atoms with E-state index in [0.29, 0.717) is 5.56 Å². The van der Waals surface area contributed by atoms with Gasteiger partial charge in [-0.3, -0.25) is 14.6 Å². The lowest BCUT2D eigenvalue weighted by atomic mass is 9.90. The summed E-state index contributed by atoms with van der Waals surface area (Å²) in [4.78, 5) is 25.2. The summed E-state index contributed by atoms with van der Waals surface area (Å²) in [6.45, 7) is 0. The lowest BCUT2D eigenvalue weighted by Gasteiger charge is -2.18. The summed E-state index contributed by atoms with van der Waals surface area (Å²) < 4.78 is 0. The number of aliphatic carboxylic acids is 2. The second-order valence-electron chi connectivity index (χ2n) is 3.35. The van der Waals surface area contributed by atoms with E-state index in [2.05, 4.69) is 4.98 Å². The highest BCUT2D eigenvalue weighted by molar-refractivity contribution is 5.77. The Morgan fingerprint density at radius 2 is 2.12 bits per heavy atom. The van der Waals surface area contributed by atoms with Crippen molar-refractivity contribution in [3.05, 3.63) is 30.1 Å². The van der Waals surface area contributed by atoms with Gasteiger partial charge in [0.2, 0.25) is 0 Å². The Hall–Kier alpha value is -1.95. The van der Waals surface area contributed by atoms with Crippen LogP contribution in [0.25, 0.3) is 0 Å². The van der Waals surface area contributed by atoms with Gasteiger partial charge in [-0.05, 0) is 11.6 Å². The molecule has 1 heterocycles. The topological polar surface area (TPSA) is 114 Å². The van der Waals surface area contributed by atoms with E-state index in [1.54, 1.807) is 12.1 Å². The summed E-state index contributed by atoms with van der Waals surface area (Å²) in [6, 6.07) is 1.97. The molecule has 0 bridgehead atoms. The van der Waals surface area contributed by atoms with E-state index in [1.807, 2.05) is 0 Å². The minimum Gasteiger partial charge on any atom is -0.481 e. The summed E-state index contributed by atoms with van der Waals surface area (Å²) in [5, 5.41) is 17.5. The van der Waals surface area contributed by atoms with Gasteiger partial charge in [-0.15, -0.1) is 0 Å². The van der Waals surface area contributed by atoms with Crippen LogP contribution >= 0.6 is 0 Å². The van der Waals surface area contributed by atoms with Gasteiger partial charge < -0.3 is 15.9 Å². The molecular weight excluding hydrogens is 212 g/mol. The highest BCUT2D eigenvalue weighted by atomic mass is 16.4. The molecule has 1 aromatic rings. The largest absolute Gasteiger partial charge is 0.481 e. The molecule has 1 rings (SSSR count). The molecule has 0 amide bonds. The van der Waals surface area contributed by atoms with Gasteiger partial charge in [-0.1, -0.05) is 6.07 Å². The fraction of sp³-hybridized carbons (Fsp3) is 0.300. The van der Waals surface area contributed by atoms with Gasteiger partial charge in [0.1, 0.15) is 6.04 Å². The number of hydrogen-bond donors (Lipinski definition) is 3. The maximum absolute atomic E-state index is 10.8. The Morgan fingerprint density at radius 1 is 1.44 bits per heavy atom. The molecule has 0 aliphatic heterocycles. The minimum absolute atomic E-state index is 0.334. The summed E-state index contributed by atoms with van der Waals surface area (Å²) in [5.41, 5.74) is 5.96. The van der Waals surface area contributed by atoms with Crippen LogP contribution in [0, 0.1) is 0 Å². The van der Waals surface area contributed by atoms with Gasteiger partial charge >= 0.3 is 11.9 Å². The fourth-order valence-corrected chi connectivity index (χ4v) is 1.41. The Morgan fingerprint density at radius 3 is 2.56 bits per heavy atom. The predicted molar refractivity (Wildman–Crippen MR) is 54.8 cm³/mol. The first-order valence-electron chi connectivity index (χ1n) is 4.62. The van der Waals surface area contributed by atoms with E-state index in [0.717, 1.165) is 0 Å². The zero-order chi connectivity index (χ0) is 12.1. The van der Waals surface area contributed by atoms with Crippen molar-refractivity contribution in [1.82, 2.24) is 4.98 Å². The molecule has 4 N–H and O–H groups in total. The molecule has 0 aliphatic rings. The molecule has 2 atom stereocenters. The maximum atomic E-state index is 10.8. The highest BCUT2D eigenvalue weighted by Crippen LogP contribution is 2.21. The van der Waals surface area contributed by atoms with Crippen LogP contribution in [-0.4, -0.2) is 33.2 Å². The number of carboxylic acids is 2. The van der Waals surface area contributed by atoms with E-state index in [4.69, 9.17) is 15.9 Å². The number of pyridine rings is 1. The van der Waals surface area contributed by atoms with Crippen molar-refractivity contribution in [2.75, 3.05) is 0 Å². The maximum Gasteiger partial charge on any atom is 0.321 e. The van der Waals surface area contributed by atoms with Crippen molar-refractivity contribution < 1.29 is 19.8 Å². The molecule has 0 aliphatic carbocycles. The normalized spacial score (nSPS) is 14.1. The van der Waals surface area contributed by atoms with E-state index in [9.17, 15) is 9.59 Å². The number of hydrogen-bond acceptors (Lipinski definition) is 4. The molecular formula is C10H12N2O4. The van der Waals surface area contributed by atoms with Crippen LogP contribution in [0.4, 0.5) is 0 Å². The van der Waals surface area contributed by atoms with E-state index >= 15 is 0 Å². The van der Waals surface area contributed by atoms with Gasteiger partial charge in [-0.2, -0.15) is 0 Å². The summed E-state index contributed by atoms with van der Waals surface area (Å²) in [6.07, 6.45) is 2.61. The first-order chi connectivity index (χ1) is 7.52. The number of aromatic nitrogens is 1. The third kappa shape index (κ3) is 3.03. The molecule has 0 saturated heterocycles. The molecule has 0 aromatic carbocycles. The number of carbonyl (C=O) groups is 2. The molecule has 86 valence electrons. The number of carboxylic acid groups (broad SMARTS) is 2. The highest BCUT2D eigenvalue weighted by Gasteiger charge is 2.28. The zero-order valence-electron chi connectivity index (χ0n) is 8.41. The van der Waals surface area contributed by atoms with Crippen LogP contribution in [0.2, 0.25) is 0 Å². The average molecular weight is 224 g/mol. The minimum atomic E-state index is -1.25. The molecule has 6 heteroatoms. The second kappa shape index (κ2) is 5.22. The first-order valence-corrected chi connectivity index (χ1v) is 4.62. The van der Waals surface area contributed by atoms with E-state index in [1.165, 1.54) is 12.4 Å². The average Bonchev–Trinajstić information content (AvgIpc) is 2.26. The first kappa shape index (κ1) is 12.1. The molecule has 0 fully saturated rings. The van der Waals surface area contributed by atoms with Crippen LogP contribution in [0.1, 0.15) is 17.9 Å². The monoisotopic (exact) mass is 224 g/mol. The van der Waals surface area contributed by atoms with Gasteiger partial charge in [0.25, 0.3) is 0 Å². The van der Waals surface area contributed by atoms with Crippen molar-refractivity contribution in [3.63, 3.8) is 0 Å². The number of nitrogens with zero attached hydrogens (tertiary/aromatic N) is 1. The van der Waals surface area contributed by atoms with E-state index < -0.39 is 23.9 Å². The molecule has 0 unspecified atom stereocenters. The lowest BCUT2D eigenvalue weighted by molar-refractivity contribution is -0.140. The summed E-state index contributed by atoms with van der Waals surface area (Å²) in [5.74, 6) is -3.09.